The zero-order chi connectivity index (χ0) is 12.3. The fourth-order valence-corrected chi connectivity index (χ4v) is 3.23. The Morgan fingerprint density at radius 1 is 1.50 bits per heavy atom. The number of hydrogen-bond acceptors (Lipinski definition) is 2. The van der Waals surface area contributed by atoms with E-state index in [2.05, 4.69) is 13.8 Å². The van der Waals surface area contributed by atoms with Crippen LogP contribution in [0.25, 0.3) is 0 Å². The summed E-state index contributed by atoms with van der Waals surface area (Å²) in [4.78, 5) is 13.4. The highest BCUT2D eigenvalue weighted by Gasteiger charge is 2.55. The number of nitrogens with zero attached hydrogens (tertiary/aromatic N) is 1. The lowest BCUT2D eigenvalue weighted by Crippen LogP contribution is -2.64. The second-order valence-electron chi connectivity index (χ2n) is 4.55. The third-order valence-electron chi connectivity index (χ3n) is 4.32. The van der Waals surface area contributed by atoms with E-state index in [1.165, 1.54) is 0 Å². The largest absolute Gasteiger partial charge is 0.381 e. The first-order valence-electron chi connectivity index (χ1n) is 5.91. The lowest BCUT2D eigenvalue weighted by atomic mass is 9.58. The Bertz CT molecular complexity index is 253. The molecule has 1 rings (SSSR count). The van der Waals surface area contributed by atoms with Crippen LogP contribution < -0.4 is 0 Å². The minimum atomic E-state index is 0.00694. The van der Waals surface area contributed by atoms with Gasteiger partial charge in [-0.3, -0.25) is 4.79 Å². The van der Waals surface area contributed by atoms with Gasteiger partial charge in [-0.1, -0.05) is 13.8 Å². The van der Waals surface area contributed by atoms with Gasteiger partial charge in [0.1, 0.15) is 5.88 Å². The van der Waals surface area contributed by atoms with E-state index in [1.807, 2.05) is 7.05 Å². The Morgan fingerprint density at radius 2 is 2.06 bits per heavy atom. The first-order valence-corrected chi connectivity index (χ1v) is 6.45. The van der Waals surface area contributed by atoms with Crippen molar-refractivity contribution in [2.24, 2.45) is 5.41 Å². The summed E-state index contributed by atoms with van der Waals surface area (Å²) in [5.41, 5.74) is 0.116. The van der Waals surface area contributed by atoms with Crippen LogP contribution >= 0.6 is 11.6 Å². The lowest BCUT2D eigenvalue weighted by molar-refractivity contribution is -0.168. The molecule has 1 aliphatic carbocycles. The van der Waals surface area contributed by atoms with Crippen LogP contribution in [0, 0.1) is 5.41 Å². The minimum absolute atomic E-state index is 0.00694. The molecule has 0 aromatic carbocycles. The number of alkyl halides is 1. The molecule has 94 valence electrons. The van der Waals surface area contributed by atoms with E-state index in [-0.39, 0.29) is 29.3 Å². The van der Waals surface area contributed by atoms with Gasteiger partial charge < -0.3 is 9.64 Å². The molecular weight excluding hydrogens is 226 g/mol. The fourth-order valence-electron chi connectivity index (χ4n) is 3.05. The van der Waals surface area contributed by atoms with Crippen LogP contribution in [0.5, 0.6) is 0 Å². The van der Waals surface area contributed by atoms with E-state index in [1.54, 1.807) is 12.0 Å². The molecule has 2 unspecified atom stereocenters. The summed E-state index contributed by atoms with van der Waals surface area (Å²) in [5, 5.41) is 0. The van der Waals surface area contributed by atoms with Gasteiger partial charge in [-0.05, 0) is 19.3 Å². The number of carbonyl (C=O) groups is 1. The van der Waals surface area contributed by atoms with Crippen LogP contribution in [0.1, 0.15) is 33.1 Å². The summed E-state index contributed by atoms with van der Waals surface area (Å²) in [6, 6.07) is 0.277. The Kier molecular flexibility index (Phi) is 4.62. The maximum absolute atomic E-state index is 11.6. The molecule has 1 fully saturated rings. The topological polar surface area (TPSA) is 29.5 Å². The molecule has 1 amide bonds. The van der Waals surface area contributed by atoms with Gasteiger partial charge in [0.25, 0.3) is 0 Å². The molecule has 1 saturated carbocycles. The van der Waals surface area contributed by atoms with Crippen molar-refractivity contribution in [1.29, 1.82) is 0 Å². The summed E-state index contributed by atoms with van der Waals surface area (Å²) < 4.78 is 5.51. The Balaban J connectivity index is 2.79. The van der Waals surface area contributed by atoms with Crippen molar-refractivity contribution in [3.8, 4) is 0 Å². The van der Waals surface area contributed by atoms with Crippen LogP contribution in [0.4, 0.5) is 0 Å². The van der Waals surface area contributed by atoms with E-state index >= 15 is 0 Å². The molecule has 0 spiro atoms. The monoisotopic (exact) mass is 247 g/mol. The Labute approximate surface area is 103 Å². The molecular formula is C12H22ClNO2. The van der Waals surface area contributed by atoms with Crippen molar-refractivity contribution in [3.63, 3.8) is 0 Å². The molecule has 2 atom stereocenters. The highest BCUT2D eigenvalue weighted by molar-refractivity contribution is 6.27. The van der Waals surface area contributed by atoms with E-state index in [0.717, 1.165) is 19.3 Å². The third-order valence-corrected chi connectivity index (χ3v) is 4.55. The molecule has 0 aromatic heterocycles. The normalized spacial score (nSPS) is 27.3. The maximum Gasteiger partial charge on any atom is 0.237 e. The van der Waals surface area contributed by atoms with Crippen LogP contribution in [-0.2, 0) is 9.53 Å². The molecule has 4 heteroatoms. The number of methoxy groups -OCH3 is 1. The molecule has 0 saturated heterocycles. The van der Waals surface area contributed by atoms with Crippen LogP contribution in [0.3, 0.4) is 0 Å². The van der Waals surface area contributed by atoms with Crippen molar-refractivity contribution in [3.05, 3.63) is 0 Å². The predicted octanol–water partition coefficient (Wildman–Crippen LogP) is 2.28. The third kappa shape index (κ3) is 1.95. The van der Waals surface area contributed by atoms with E-state index < -0.39 is 0 Å². The molecule has 0 aromatic rings. The summed E-state index contributed by atoms with van der Waals surface area (Å²) in [7, 11) is 3.60. The van der Waals surface area contributed by atoms with E-state index in [9.17, 15) is 4.79 Å². The molecule has 3 nitrogen and oxygen atoms in total. The molecule has 1 aliphatic rings. The Hall–Kier alpha value is -0.280. The molecule has 0 heterocycles. The van der Waals surface area contributed by atoms with Crippen molar-refractivity contribution in [1.82, 2.24) is 4.90 Å². The zero-order valence-electron chi connectivity index (χ0n) is 10.6. The van der Waals surface area contributed by atoms with E-state index in [0.29, 0.717) is 0 Å². The summed E-state index contributed by atoms with van der Waals surface area (Å²) in [6.07, 6.45) is 3.27. The first kappa shape index (κ1) is 13.8. The molecule has 16 heavy (non-hydrogen) atoms. The van der Waals surface area contributed by atoms with Crippen LogP contribution in [0.15, 0.2) is 0 Å². The maximum atomic E-state index is 11.6. The number of rotatable bonds is 5. The zero-order valence-corrected chi connectivity index (χ0v) is 11.4. The second kappa shape index (κ2) is 5.37. The van der Waals surface area contributed by atoms with Gasteiger partial charge in [0.15, 0.2) is 0 Å². The second-order valence-corrected chi connectivity index (χ2v) is 4.82. The van der Waals surface area contributed by atoms with Gasteiger partial charge >= 0.3 is 0 Å². The van der Waals surface area contributed by atoms with Gasteiger partial charge in [0.05, 0.1) is 6.10 Å². The SMILES string of the molecule is CCC1(CC)C(OC)CC1N(C)C(=O)CCl. The Morgan fingerprint density at radius 3 is 2.44 bits per heavy atom. The number of hydrogen-bond donors (Lipinski definition) is 0. The number of amides is 1. The van der Waals surface area contributed by atoms with E-state index in [4.69, 9.17) is 16.3 Å². The molecule has 0 radical (unpaired) electrons. The van der Waals surface area contributed by atoms with Gasteiger partial charge in [-0.15, -0.1) is 11.6 Å². The summed E-state index contributed by atoms with van der Waals surface area (Å²) >= 11 is 5.60. The summed E-state index contributed by atoms with van der Waals surface area (Å²) in [6.45, 7) is 4.33. The summed E-state index contributed by atoms with van der Waals surface area (Å²) in [5.74, 6) is 0.0706. The van der Waals surface area contributed by atoms with Crippen molar-refractivity contribution in [2.75, 3.05) is 20.0 Å². The number of carbonyl (C=O) groups excluding carboxylic acids is 1. The highest BCUT2D eigenvalue weighted by Crippen LogP contribution is 2.50. The van der Waals surface area contributed by atoms with Gasteiger partial charge in [-0.2, -0.15) is 0 Å². The average Bonchev–Trinajstić information content (AvgIpc) is 2.29. The average molecular weight is 248 g/mol. The van der Waals surface area contributed by atoms with Gasteiger partial charge in [0, 0.05) is 25.6 Å². The molecule has 0 N–H and O–H groups in total. The fraction of sp³-hybridized carbons (Fsp3) is 0.917. The lowest BCUT2D eigenvalue weighted by Gasteiger charge is -2.57. The molecule has 0 bridgehead atoms. The van der Waals surface area contributed by atoms with Crippen LogP contribution in [0.2, 0.25) is 0 Å². The number of halogens is 1. The van der Waals surface area contributed by atoms with Crippen molar-refractivity contribution in [2.45, 2.75) is 45.3 Å². The quantitative estimate of drug-likeness (QED) is 0.698. The minimum Gasteiger partial charge on any atom is -0.381 e. The van der Waals surface area contributed by atoms with Gasteiger partial charge in [0.2, 0.25) is 5.91 Å². The standard InChI is InChI=1S/C12H22ClNO2/c1-5-12(6-2)9(7-10(12)16-4)14(3)11(15)8-13/h9-10H,5-8H2,1-4H3. The van der Waals surface area contributed by atoms with Gasteiger partial charge in [-0.25, -0.2) is 0 Å². The van der Waals surface area contributed by atoms with Crippen molar-refractivity contribution < 1.29 is 9.53 Å². The van der Waals surface area contributed by atoms with Crippen molar-refractivity contribution >= 4 is 17.5 Å². The predicted molar refractivity (Wildman–Crippen MR) is 65.7 cm³/mol. The molecule has 0 aliphatic heterocycles. The number of ether oxygens (including phenoxy) is 1. The van der Waals surface area contributed by atoms with Crippen LogP contribution in [-0.4, -0.2) is 43.0 Å². The smallest absolute Gasteiger partial charge is 0.237 e. The highest BCUT2D eigenvalue weighted by atomic mass is 35.5. The first-order chi connectivity index (χ1) is 7.57.